The van der Waals surface area contributed by atoms with Crippen molar-refractivity contribution in [2.75, 3.05) is 25.0 Å². The van der Waals surface area contributed by atoms with Crippen LogP contribution in [0.3, 0.4) is 0 Å². The highest BCUT2D eigenvalue weighted by Crippen LogP contribution is 2.32. The van der Waals surface area contributed by atoms with Gasteiger partial charge in [-0.05, 0) is 37.9 Å². The maximum Gasteiger partial charge on any atom is 0.184 e. The number of anilines is 1. The van der Waals surface area contributed by atoms with Crippen LogP contribution in [-0.2, 0) is 0 Å². The van der Waals surface area contributed by atoms with Crippen LogP contribution in [0.5, 0.6) is 0 Å². The largest absolute Gasteiger partial charge is 0.359 e. The molecule has 20 heavy (non-hydrogen) atoms. The van der Waals surface area contributed by atoms with Gasteiger partial charge in [-0.3, -0.25) is 0 Å². The Hall–Kier alpha value is -0.840. The Bertz CT molecular complexity index is 576. The number of hydrogen-bond acceptors (Lipinski definition) is 4. The third kappa shape index (κ3) is 3.08. The van der Waals surface area contributed by atoms with Gasteiger partial charge in [0.2, 0.25) is 0 Å². The van der Waals surface area contributed by atoms with E-state index in [9.17, 15) is 0 Å². The van der Waals surface area contributed by atoms with E-state index < -0.39 is 0 Å². The highest BCUT2D eigenvalue weighted by molar-refractivity contribution is 7.22. The van der Waals surface area contributed by atoms with Gasteiger partial charge in [-0.1, -0.05) is 35.9 Å². The van der Waals surface area contributed by atoms with E-state index in [-0.39, 0.29) is 0 Å². The summed E-state index contributed by atoms with van der Waals surface area (Å²) in [6, 6.07) is 6.45. The van der Waals surface area contributed by atoms with Gasteiger partial charge in [-0.15, -0.1) is 0 Å². The predicted octanol–water partition coefficient (Wildman–Crippen LogP) is 4.24. The molecule has 1 aliphatic rings. The lowest BCUT2D eigenvalue weighted by Gasteiger charge is -2.31. The van der Waals surface area contributed by atoms with Crippen molar-refractivity contribution in [1.29, 1.82) is 0 Å². The van der Waals surface area contributed by atoms with Gasteiger partial charge in [0, 0.05) is 19.1 Å². The smallest absolute Gasteiger partial charge is 0.184 e. The first-order valence-corrected chi connectivity index (χ1v) is 8.49. The summed E-state index contributed by atoms with van der Waals surface area (Å²) >= 11 is 7.86. The number of hydrogen-bond donors (Lipinski definition) is 1. The number of fused-ring (bicyclic) bond motifs is 1. The van der Waals surface area contributed by atoms with E-state index in [4.69, 9.17) is 11.6 Å². The van der Waals surface area contributed by atoms with Gasteiger partial charge < -0.3 is 10.2 Å². The molecule has 3 nitrogen and oxygen atoms in total. The molecule has 0 amide bonds. The van der Waals surface area contributed by atoms with Gasteiger partial charge in [-0.25, -0.2) is 4.98 Å². The maximum absolute atomic E-state index is 6.20. The summed E-state index contributed by atoms with van der Waals surface area (Å²) in [5.74, 6) is 0. The maximum atomic E-state index is 6.20. The van der Waals surface area contributed by atoms with Crippen molar-refractivity contribution in [3.63, 3.8) is 0 Å². The van der Waals surface area contributed by atoms with Crippen LogP contribution < -0.4 is 5.32 Å². The van der Waals surface area contributed by atoms with Crippen molar-refractivity contribution < 1.29 is 0 Å². The number of likely N-dealkylation sites (tertiary alicyclic amines) is 1. The number of piperidine rings is 1. The third-order valence-corrected chi connectivity index (χ3v) is 5.28. The highest BCUT2D eigenvalue weighted by Gasteiger charge is 2.19. The predicted molar refractivity (Wildman–Crippen MR) is 88.0 cm³/mol. The quantitative estimate of drug-likeness (QED) is 0.915. The number of nitrogens with one attached hydrogen (secondary N) is 1. The fourth-order valence-electron chi connectivity index (χ4n) is 2.77. The van der Waals surface area contributed by atoms with Crippen LogP contribution in [0.4, 0.5) is 5.13 Å². The van der Waals surface area contributed by atoms with E-state index >= 15 is 0 Å². The first-order valence-electron chi connectivity index (χ1n) is 7.30. The molecular weight excluding hydrogens is 290 g/mol. The molecule has 1 aliphatic heterocycles. The second kappa shape index (κ2) is 6.29. The summed E-state index contributed by atoms with van der Waals surface area (Å²) in [5, 5.41) is 5.38. The van der Waals surface area contributed by atoms with Gasteiger partial charge >= 0.3 is 0 Å². The van der Waals surface area contributed by atoms with Crippen molar-refractivity contribution >= 4 is 38.3 Å². The van der Waals surface area contributed by atoms with Crippen LogP contribution >= 0.6 is 22.9 Å². The van der Waals surface area contributed by atoms with Gasteiger partial charge in [0.25, 0.3) is 0 Å². The van der Waals surface area contributed by atoms with Crippen LogP contribution in [-0.4, -0.2) is 35.6 Å². The van der Waals surface area contributed by atoms with Crippen molar-refractivity contribution in [1.82, 2.24) is 9.88 Å². The van der Waals surface area contributed by atoms with Gasteiger partial charge in [0.1, 0.15) is 0 Å². The lowest BCUT2D eigenvalue weighted by molar-refractivity contribution is 0.219. The zero-order valence-electron chi connectivity index (χ0n) is 11.7. The number of thiazole rings is 1. The minimum atomic E-state index is 0.544. The van der Waals surface area contributed by atoms with Crippen LogP contribution in [0, 0.1) is 0 Å². The highest BCUT2D eigenvalue weighted by atomic mass is 35.5. The minimum absolute atomic E-state index is 0.544. The summed E-state index contributed by atoms with van der Waals surface area (Å²) in [6.07, 6.45) is 3.64. The van der Waals surface area contributed by atoms with Gasteiger partial charge in [0.05, 0.1) is 15.2 Å². The van der Waals surface area contributed by atoms with E-state index in [1.165, 1.54) is 38.9 Å². The number of rotatable bonds is 4. The van der Waals surface area contributed by atoms with Gasteiger partial charge in [0.15, 0.2) is 5.13 Å². The average molecular weight is 310 g/mol. The van der Waals surface area contributed by atoms with Crippen LogP contribution in [0.2, 0.25) is 5.02 Å². The summed E-state index contributed by atoms with van der Waals surface area (Å²) in [6.45, 7) is 5.85. The Morgan fingerprint density at radius 1 is 1.40 bits per heavy atom. The van der Waals surface area contributed by atoms with E-state index in [1.54, 1.807) is 11.3 Å². The molecule has 0 radical (unpaired) electrons. The SMILES string of the molecule is CCCN1CCC(Nc2nc3cccc(Cl)c3s2)CC1. The standard InChI is InChI=1S/C15H20ClN3S/c1-2-8-19-9-6-11(7-10-19)17-15-18-13-5-3-4-12(16)14(13)20-15/h3-5,11H,2,6-10H2,1H3,(H,17,18). The van der Waals surface area contributed by atoms with Crippen LogP contribution in [0.1, 0.15) is 26.2 Å². The number of aromatic nitrogens is 1. The molecule has 1 aromatic carbocycles. The summed E-state index contributed by atoms with van der Waals surface area (Å²) in [4.78, 5) is 7.18. The van der Waals surface area contributed by atoms with E-state index in [0.29, 0.717) is 6.04 Å². The Balaban J connectivity index is 1.64. The fraction of sp³-hybridized carbons (Fsp3) is 0.533. The lowest BCUT2D eigenvalue weighted by atomic mass is 10.1. The molecule has 108 valence electrons. The summed E-state index contributed by atoms with van der Waals surface area (Å²) < 4.78 is 1.08. The molecule has 2 aromatic rings. The molecular formula is C15H20ClN3S. The second-order valence-corrected chi connectivity index (χ2v) is 6.77. The van der Waals surface area contributed by atoms with Crippen molar-refractivity contribution in [3.8, 4) is 0 Å². The minimum Gasteiger partial charge on any atom is -0.359 e. The van der Waals surface area contributed by atoms with Crippen molar-refractivity contribution in [2.45, 2.75) is 32.2 Å². The molecule has 1 N–H and O–H groups in total. The molecule has 0 atom stereocenters. The molecule has 1 aromatic heterocycles. The Kier molecular flexibility index (Phi) is 4.44. The molecule has 0 unspecified atom stereocenters. The third-order valence-electron chi connectivity index (χ3n) is 3.82. The zero-order chi connectivity index (χ0) is 13.9. The molecule has 0 bridgehead atoms. The van der Waals surface area contributed by atoms with E-state index in [0.717, 1.165) is 20.4 Å². The molecule has 1 fully saturated rings. The summed E-state index contributed by atoms with van der Waals surface area (Å²) in [5.41, 5.74) is 0.994. The molecule has 0 aliphatic carbocycles. The molecule has 3 rings (SSSR count). The lowest BCUT2D eigenvalue weighted by Crippen LogP contribution is -2.39. The number of halogens is 1. The Morgan fingerprint density at radius 2 is 2.20 bits per heavy atom. The van der Waals surface area contributed by atoms with Gasteiger partial charge in [-0.2, -0.15) is 0 Å². The van der Waals surface area contributed by atoms with Crippen LogP contribution in [0.25, 0.3) is 10.2 Å². The Labute approximate surface area is 128 Å². The average Bonchev–Trinajstić information content (AvgIpc) is 2.85. The van der Waals surface area contributed by atoms with E-state index in [2.05, 4.69) is 22.1 Å². The Morgan fingerprint density at radius 3 is 2.90 bits per heavy atom. The fourth-order valence-corrected chi connectivity index (χ4v) is 4.00. The summed E-state index contributed by atoms with van der Waals surface area (Å²) in [7, 11) is 0. The first kappa shape index (κ1) is 14.1. The van der Waals surface area contributed by atoms with Crippen LogP contribution in [0.15, 0.2) is 18.2 Å². The molecule has 0 saturated carbocycles. The number of benzene rings is 1. The molecule has 2 heterocycles. The topological polar surface area (TPSA) is 28.2 Å². The molecule has 0 spiro atoms. The monoisotopic (exact) mass is 309 g/mol. The number of nitrogens with zero attached hydrogens (tertiary/aromatic N) is 2. The molecule has 5 heteroatoms. The van der Waals surface area contributed by atoms with E-state index in [1.807, 2.05) is 18.2 Å². The van der Waals surface area contributed by atoms with Crippen molar-refractivity contribution in [2.24, 2.45) is 0 Å². The molecule has 1 saturated heterocycles. The van der Waals surface area contributed by atoms with Crippen molar-refractivity contribution in [3.05, 3.63) is 23.2 Å². The first-order chi connectivity index (χ1) is 9.76. The zero-order valence-corrected chi connectivity index (χ0v) is 13.3. The normalized spacial score (nSPS) is 17.7. The second-order valence-electron chi connectivity index (χ2n) is 5.37.